The molecule has 29 heavy (non-hydrogen) atoms. The highest BCUT2D eigenvalue weighted by Gasteiger charge is 2.48. The summed E-state index contributed by atoms with van der Waals surface area (Å²) in [4.78, 5) is 14.9. The van der Waals surface area contributed by atoms with Gasteiger partial charge in [-0.15, -0.1) is 0 Å². The highest BCUT2D eigenvalue weighted by Crippen LogP contribution is 2.43. The van der Waals surface area contributed by atoms with Gasteiger partial charge in [0.05, 0.1) is 24.9 Å². The topological polar surface area (TPSA) is 67.6 Å². The number of fused-ring (bicyclic) bond motifs is 2. The molecule has 0 spiro atoms. The number of para-hydroxylation sites is 1. The molecule has 6 nitrogen and oxygen atoms in total. The molecule has 2 bridgehead atoms. The second-order valence-electron chi connectivity index (χ2n) is 9.03. The molecule has 1 saturated carbocycles. The van der Waals surface area contributed by atoms with Gasteiger partial charge in [-0.3, -0.25) is 9.69 Å². The van der Waals surface area contributed by atoms with E-state index in [4.69, 9.17) is 4.74 Å². The number of nitrogens with zero attached hydrogens (tertiary/aromatic N) is 3. The van der Waals surface area contributed by atoms with Gasteiger partial charge in [-0.2, -0.15) is 5.10 Å². The molecule has 6 heteroatoms. The lowest BCUT2D eigenvalue weighted by Gasteiger charge is -2.44. The first kappa shape index (κ1) is 18.8. The smallest absolute Gasteiger partial charge is 0.266 e. The SMILES string of the molecule is COc1ccccc1CN1[C@@H]2CC[C@@H]1CC(O)(Cn1nc(C3CC3)ccc1=O)C2. The fourth-order valence-corrected chi connectivity index (χ4v) is 5.28. The number of hydrogen-bond donors (Lipinski definition) is 1. The zero-order valence-electron chi connectivity index (χ0n) is 17.0. The Morgan fingerprint density at radius 3 is 2.52 bits per heavy atom. The average Bonchev–Trinajstić information content (AvgIpc) is 3.52. The number of piperidine rings is 1. The Morgan fingerprint density at radius 1 is 1.10 bits per heavy atom. The Labute approximate surface area is 171 Å². The van der Waals surface area contributed by atoms with Gasteiger partial charge in [-0.05, 0) is 50.7 Å². The molecule has 5 rings (SSSR count). The van der Waals surface area contributed by atoms with E-state index in [9.17, 15) is 9.90 Å². The summed E-state index contributed by atoms with van der Waals surface area (Å²) >= 11 is 0. The van der Waals surface area contributed by atoms with Crippen LogP contribution >= 0.6 is 0 Å². The first-order valence-corrected chi connectivity index (χ1v) is 10.7. The maximum atomic E-state index is 12.4. The first-order chi connectivity index (χ1) is 14.0. The van der Waals surface area contributed by atoms with Crippen LogP contribution in [0.5, 0.6) is 5.75 Å². The molecule has 2 saturated heterocycles. The Balaban J connectivity index is 1.33. The van der Waals surface area contributed by atoms with Crippen LogP contribution in [0.4, 0.5) is 0 Å². The molecule has 3 heterocycles. The molecular formula is C23H29N3O3. The van der Waals surface area contributed by atoms with Crippen LogP contribution in [0.2, 0.25) is 0 Å². The first-order valence-electron chi connectivity index (χ1n) is 10.7. The number of rotatable bonds is 6. The number of ether oxygens (including phenoxy) is 1. The molecule has 2 aromatic rings. The van der Waals surface area contributed by atoms with Crippen molar-refractivity contribution < 1.29 is 9.84 Å². The second-order valence-corrected chi connectivity index (χ2v) is 9.03. The van der Waals surface area contributed by atoms with Crippen LogP contribution in [0, 0.1) is 0 Å². The van der Waals surface area contributed by atoms with Gasteiger partial charge in [0.2, 0.25) is 0 Å². The number of benzene rings is 1. The molecule has 0 radical (unpaired) electrons. The Hall–Kier alpha value is -2.18. The number of aliphatic hydroxyl groups is 1. The summed E-state index contributed by atoms with van der Waals surface area (Å²) in [5.74, 6) is 1.41. The molecular weight excluding hydrogens is 366 g/mol. The monoisotopic (exact) mass is 395 g/mol. The molecule has 1 aromatic carbocycles. The highest BCUT2D eigenvalue weighted by atomic mass is 16.5. The van der Waals surface area contributed by atoms with E-state index in [1.807, 2.05) is 24.3 Å². The summed E-state index contributed by atoms with van der Waals surface area (Å²) in [6, 6.07) is 12.3. The van der Waals surface area contributed by atoms with E-state index >= 15 is 0 Å². The van der Waals surface area contributed by atoms with Crippen molar-refractivity contribution in [2.45, 2.75) is 75.2 Å². The van der Waals surface area contributed by atoms with Crippen LogP contribution in [0.25, 0.3) is 0 Å². The van der Waals surface area contributed by atoms with Crippen molar-refractivity contribution in [3.63, 3.8) is 0 Å². The normalized spacial score (nSPS) is 29.2. The van der Waals surface area contributed by atoms with Gasteiger partial charge >= 0.3 is 0 Å². The van der Waals surface area contributed by atoms with E-state index in [-0.39, 0.29) is 5.56 Å². The molecule has 1 aromatic heterocycles. The van der Waals surface area contributed by atoms with Crippen LogP contribution in [-0.4, -0.2) is 44.6 Å². The van der Waals surface area contributed by atoms with E-state index in [1.54, 1.807) is 13.2 Å². The van der Waals surface area contributed by atoms with Crippen molar-refractivity contribution in [1.82, 2.24) is 14.7 Å². The summed E-state index contributed by atoms with van der Waals surface area (Å²) in [5.41, 5.74) is 1.19. The summed E-state index contributed by atoms with van der Waals surface area (Å²) in [7, 11) is 1.71. The fraction of sp³-hybridized carbons (Fsp3) is 0.565. The van der Waals surface area contributed by atoms with Crippen LogP contribution in [-0.2, 0) is 13.1 Å². The summed E-state index contributed by atoms with van der Waals surface area (Å²) in [5, 5.41) is 16.0. The largest absolute Gasteiger partial charge is 0.496 e. The van der Waals surface area contributed by atoms with E-state index in [0.29, 0.717) is 37.4 Å². The van der Waals surface area contributed by atoms with E-state index in [2.05, 4.69) is 16.1 Å². The lowest BCUT2D eigenvalue weighted by atomic mass is 9.85. The van der Waals surface area contributed by atoms with E-state index < -0.39 is 5.60 Å². The van der Waals surface area contributed by atoms with Crippen LogP contribution in [0.1, 0.15) is 55.7 Å². The standard InChI is InChI=1S/C23H29N3O3/c1-29-21-5-3-2-4-17(21)14-25-18-8-9-19(25)13-23(28,12-18)15-26-22(27)11-10-20(24-26)16-6-7-16/h2-5,10-11,16,18-19,28H,6-9,12-15H2,1H3/t18-,19-/m1/s1. The van der Waals surface area contributed by atoms with Gasteiger partial charge in [0.15, 0.2) is 0 Å². The van der Waals surface area contributed by atoms with Crippen molar-refractivity contribution in [3.05, 3.63) is 58.0 Å². The maximum absolute atomic E-state index is 12.4. The van der Waals surface area contributed by atoms with Crippen molar-refractivity contribution in [2.24, 2.45) is 0 Å². The Bertz CT molecular complexity index is 938. The fourth-order valence-electron chi connectivity index (χ4n) is 5.28. The minimum atomic E-state index is -0.873. The zero-order chi connectivity index (χ0) is 20.0. The molecule has 0 amide bonds. The van der Waals surface area contributed by atoms with Crippen molar-refractivity contribution in [2.75, 3.05) is 7.11 Å². The van der Waals surface area contributed by atoms with Gasteiger partial charge in [0.1, 0.15) is 5.75 Å². The number of aromatic nitrogens is 2. The lowest BCUT2D eigenvalue weighted by Crippen LogP contribution is -2.53. The van der Waals surface area contributed by atoms with Crippen LogP contribution in [0.15, 0.2) is 41.2 Å². The third-order valence-electron chi connectivity index (χ3n) is 6.87. The van der Waals surface area contributed by atoms with E-state index in [0.717, 1.165) is 43.7 Å². The van der Waals surface area contributed by atoms with E-state index in [1.165, 1.54) is 10.2 Å². The van der Waals surface area contributed by atoms with Gasteiger partial charge < -0.3 is 9.84 Å². The zero-order valence-corrected chi connectivity index (χ0v) is 17.0. The molecule has 1 aliphatic carbocycles. The second kappa shape index (κ2) is 7.26. The van der Waals surface area contributed by atoms with Gasteiger partial charge in [0.25, 0.3) is 5.56 Å². The Kier molecular flexibility index (Phi) is 4.71. The number of methoxy groups -OCH3 is 1. The maximum Gasteiger partial charge on any atom is 0.266 e. The van der Waals surface area contributed by atoms with Gasteiger partial charge in [0, 0.05) is 36.2 Å². The Morgan fingerprint density at radius 2 is 1.83 bits per heavy atom. The molecule has 2 aliphatic heterocycles. The summed E-state index contributed by atoms with van der Waals surface area (Å²) in [6.45, 7) is 1.13. The quantitative estimate of drug-likeness (QED) is 0.815. The molecule has 154 valence electrons. The summed E-state index contributed by atoms with van der Waals surface area (Å²) < 4.78 is 7.03. The lowest BCUT2D eigenvalue weighted by molar-refractivity contribution is -0.0679. The highest BCUT2D eigenvalue weighted by molar-refractivity contribution is 5.33. The number of hydrogen-bond acceptors (Lipinski definition) is 5. The molecule has 1 N–H and O–H groups in total. The van der Waals surface area contributed by atoms with Crippen LogP contribution < -0.4 is 10.3 Å². The van der Waals surface area contributed by atoms with Gasteiger partial charge in [-0.25, -0.2) is 4.68 Å². The molecule has 3 fully saturated rings. The third-order valence-corrected chi connectivity index (χ3v) is 6.87. The van der Waals surface area contributed by atoms with Gasteiger partial charge in [-0.1, -0.05) is 18.2 Å². The van der Waals surface area contributed by atoms with Crippen molar-refractivity contribution in [1.29, 1.82) is 0 Å². The minimum absolute atomic E-state index is 0.119. The molecule has 0 unspecified atom stereocenters. The average molecular weight is 396 g/mol. The van der Waals surface area contributed by atoms with Crippen molar-refractivity contribution in [3.8, 4) is 5.75 Å². The predicted molar refractivity (Wildman–Crippen MR) is 110 cm³/mol. The molecule has 2 atom stereocenters. The van der Waals surface area contributed by atoms with Crippen LogP contribution in [0.3, 0.4) is 0 Å². The minimum Gasteiger partial charge on any atom is -0.496 e. The summed E-state index contributed by atoms with van der Waals surface area (Å²) in [6.07, 6.45) is 5.84. The van der Waals surface area contributed by atoms with Crippen molar-refractivity contribution >= 4 is 0 Å². The molecule has 3 aliphatic rings. The third kappa shape index (κ3) is 3.71. The predicted octanol–water partition coefficient (Wildman–Crippen LogP) is 2.69.